The molecule has 4 heterocycles. The Hall–Kier alpha value is -2.13. The van der Waals surface area contributed by atoms with E-state index in [2.05, 4.69) is 24.1 Å². The normalized spacial score (nSPS) is 44.1. The maximum atomic E-state index is 14.4. The molecule has 1 aliphatic carbocycles. The molecule has 0 aromatic rings. The van der Waals surface area contributed by atoms with Gasteiger partial charge in [0.05, 0.1) is 30.5 Å². The highest BCUT2D eigenvalue weighted by atomic mass is 16.7. The number of rotatable bonds is 7. The molecule has 2 N–H and O–H groups in total. The molecule has 2 bridgehead atoms. The van der Waals surface area contributed by atoms with Gasteiger partial charge in [0.2, 0.25) is 0 Å². The Balaban J connectivity index is 1.58. The van der Waals surface area contributed by atoms with E-state index in [0.29, 0.717) is 38.4 Å². The van der Waals surface area contributed by atoms with Gasteiger partial charge in [0, 0.05) is 43.7 Å². The number of Topliss-reactive ketones (excluding diaryl/α,β-unsaturated/α-hetero) is 1. The third-order valence-electron chi connectivity index (χ3n) is 12.2. The van der Waals surface area contributed by atoms with Crippen LogP contribution in [-0.4, -0.2) is 151 Å². The van der Waals surface area contributed by atoms with Gasteiger partial charge in [-0.1, -0.05) is 32.9 Å². The second kappa shape index (κ2) is 16.1. The minimum absolute atomic E-state index is 0.0444. The third-order valence-corrected chi connectivity index (χ3v) is 12.2. The Kier molecular flexibility index (Phi) is 12.6. The number of hydrogen-bond acceptors (Lipinski definition) is 12. The first-order valence-electron chi connectivity index (χ1n) is 19.1. The lowest BCUT2D eigenvalue weighted by Crippen LogP contribution is -2.61. The Bertz CT molecular complexity index is 1280. The maximum Gasteiger partial charge on any atom is 0.411 e. The highest BCUT2D eigenvalue weighted by molar-refractivity contribution is 6.00. The van der Waals surface area contributed by atoms with Crippen molar-refractivity contribution in [2.45, 2.75) is 147 Å². The maximum absolute atomic E-state index is 14.4. The first kappa shape index (κ1) is 40.1. The highest BCUT2D eigenvalue weighted by Crippen LogP contribution is 2.41. The molecule has 4 fully saturated rings. The zero-order chi connectivity index (χ0) is 37.4. The van der Waals surface area contributed by atoms with Crippen molar-refractivity contribution in [1.29, 1.82) is 0 Å². The Labute approximate surface area is 304 Å². The van der Waals surface area contributed by atoms with Crippen molar-refractivity contribution in [3.05, 3.63) is 12.2 Å². The van der Waals surface area contributed by atoms with Gasteiger partial charge in [-0.15, -0.1) is 0 Å². The van der Waals surface area contributed by atoms with Crippen LogP contribution in [0.2, 0.25) is 0 Å². The lowest BCUT2D eigenvalue weighted by Gasteiger charge is -2.47. The summed E-state index contributed by atoms with van der Waals surface area (Å²) in [5.41, 5.74) is -2.22. The first-order chi connectivity index (χ1) is 24.0. The van der Waals surface area contributed by atoms with E-state index in [1.165, 1.54) is 0 Å². The predicted octanol–water partition coefficient (Wildman–Crippen LogP) is 2.98. The number of esters is 1. The minimum atomic E-state index is -1.17. The fourth-order valence-corrected chi connectivity index (χ4v) is 9.03. The van der Waals surface area contributed by atoms with Crippen LogP contribution in [0.3, 0.4) is 0 Å². The molecule has 0 radical (unpaired) electrons. The van der Waals surface area contributed by atoms with E-state index in [9.17, 15) is 19.5 Å². The van der Waals surface area contributed by atoms with Crippen LogP contribution >= 0.6 is 0 Å². The summed E-state index contributed by atoms with van der Waals surface area (Å²) in [7, 11) is 5.91. The zero-order valence-electron chi connectivity index (χ0n) is 32.5. The van der Waals surface area contributed by atoms with Crippen molar-refractivity contribution in [2.75, 3.05) is 47.4 Å². The van der Waals surface area contributed by atoms with Crippen molar-refractivity contribution in [3.63, 3.8) is 0 Å². The van der Waals surface area contributed by atoms with E-state index in [-0.39, 0.29) is 43.0 Å². The van der Waals surface area contributed by atoms with Gasteiger partial charge in [-0.05, 0) is 86.9 Å². The molecule has 0 spiro atoms. The number of hydrogen-bond donors (Lipinski definition) is 2. The van der Waals surface area contributed by atoms with Gasteiger partial charge < -0.3 is 43.9 Å². The summed E-state index contributed by atoms with van der Waals surface area (Å²) >= 11 is 0. The number of aliphatic hydroxyl groups is 1. The monoisotopic (exact) mass is 720 g/mol. The fourth-order valence-electron chi connectivity index (χ4n) is 9.03. The number of cyclic esters (lactones) is 1. The molecule has 13 nitrogen and oxygen atoms in total. The van der Waals surface area contributed by atoms with Gasteiger partial charge in [-0.3, -0.25) is 14.5 Å². The number of amides is 1. The number of fused-ring (bicyclic) bond motifs is 5. The molecule has 13 heteroatoms. The van der Waals surface area contributed by atoms with E-state index in [0.717, 1.165) is 12.8 Å². The standard InChI is InChI=1S/C38H64N4O9/c1-11-29-38(7)32-25(5)41(10)21-22(2)19-37(6,47-17-13-12-16-42(32)36(46)51-38)33(23(3)30(43)24(4)34(45)49-29)50-35-31(44)28(40(8)9)18-27(48-35)20-39-26-14-15-26/h12-13,22-29,31-33,35,39,44H,11,14-21H2,1-10H3/b13-12-/t22-,23+,24?,25-,27?,28?,29-,31?,32-,33-,35?,37-,38-/m1/s1. The Morgan fingerprint density at radius 1 is 1.10 bits per heavy atom. The molecule has 1 amide bonds. The third kappa shape index (κ3) is 8.50. The number of likely N-dealkylation sites (N-methyl/N-ethyl adjacent to an activating group) is 2. The van der Waals surface area contributed by atoms with Crippen LogP contribution in [0, 0.1) is 17.8 Å². The number of aliphatic hydroxyl groups excluding tert-OH is 1. The molecule has 1 saturated carbocycles. The van der Waals surface area contributed by atoms with Crippen LogP contribution in [-0.2, 0) is 33.3 Å². The molecule has 5 aliphatic rings. The van der Waals surface area contributed by atoms with Gasteiger partial charge in [0.15, 0.2) is 17.7 Å². The average Bonchev–Trinajstić information content (AvgIpc) is 3.86. The Morgan fingerprint density at radius 3 is 2.45 bits per heavy atom. The van der Waals surface area contributed by atoms with Gasteiger partial charge in [-0.2, -0.15) is 0 Å². The lowest BCUT2D eigenvalue weighted by molar-refractivity contribution is -0.298. The van der Waals surface area contributed by atoms with Gasteiger partial charge in [0.25, 0.3) is 0 Å². The Morgan fingerprint density at radius 2 is 1.80 bits per heavy atom. The van der Waals surface area contributed by atoms with Crippen molar-refractivity contribution in [1.82, 2.24) is 20.0 Å². The molecular formula is C38H64N4O9. The number of ketones is 1. The van der Waals surface area contributed by atoms with Gasteiger partial charge in [0.1, 0.15) is 18.1 Å². The molecular weight excluding hydrogens is 656 g/mol. The van der Waals surface area contributed by atoms with Gasteiger partial charge in [-0.25, -0.2) is 4.79 Å². The number of nitrogens with zero attached hydrogens (tertiary/aromatic N) is 3. The molecule has 290 valence electrons. The van der Waals surface area contributed by atoms with Crippen molar-refractivity contribution < 1.29 is 43.2 Å². The number of ether oxygens (including phenoxy) is 5. The van der Waals surface area contributed by atoms with E-state index in [4.69, 9.17) is 23.7 Å². The first-order valence-corrected chi connectivity index (χ1v) is 19.1. The quantitative estimate of drug-likeness (QED) is 0.227. The molecule has 13 atom stereocenters. The minimum Gasteiger partial charge on any atom is -0.458 e. The zero-order valence-corrected chi connectivity index (χ0v) is 32.5. The summed E-state index contributed by atoms with van der Waals surface area (Å²) in [4.78, 5) is 47.8. The van der Waals surface area contributed by atoms with Crippen LogP contribution in [0.5, 0.6) is 0 Å². The van der Waals surface area contributed by atoms with Crippen molar-refractivity contribution in [2.24, 2.45) is 17.8 Å². The van der Waals surface area contributed by atoms with Gasteiger partial charge >= 0.3 is 12.1 Å². The van der Waals surface area contributed by atoms with Crippen LogP contribution in [0.15, 0.2) is 12.2 Å². The van der Waals surface area contributed by atoms with Crippen LogP contribution in [0.4, 0.5) is 4.79 Å². The fraction of sp³-hybridized carbons (Fsp3) is 0.868. The summed E-state index contributed by atoms with van der Waals surface area (Å²) in [6.45, 7) is 15.0. The number of carbonyl (C=O) groups excluding carboxylic acids is 3. The van der Waals surface area contributed by atoms with E-state index < -0.39 is 65.7 Å². The molecule has 3 saturated heterocycles. The van der Waals surface area contributed by atoms with E-state index in [1.54, 1.807) is 18.7 Å². The molecule has 0 aromatic heterocycles. The average molecular weight is 721 g/mol. The van der Waals surface area contributed by atoms with Crippen LogP contribution in [0.25, 0.3) is 0 Å². The highest BCUT2D eigenvalue weighted by Gasteiger charge is 2.59. The molecule has 0 aromatic carbocycles. The molecule has 4 aliphatic heterocycles. The number of carbonyl (C=O) groups is 3. The molecule has 51 heavy (non-hydrogen) atoms. The molecule has 5 rings (SSSR count). The predicted molar refractivity (Wildman–Crippen MR) is 191 cm³/mol. The smallest absolute Gasteiger partial charge is 0.411 e. The largest absolute Gasteiger partial charge is 0.458 e. The second-order valence-electron chi connectivity index (χ2n) is 16.6. The topological polar surface area (TPSA) is 139 Å². The summed E-state index contributed by atoms with van der Waals surface area (Å²) in [6, 6.07) is -0.368. The molecule has 5 unspecified atom stereocenters. The van der Waals surface area contributed by atoms with Crippen molar-refractivity contribution >= 4 is 17.8 Å². The van der Waals surface area contributed by atoms with Crippen molar-refractivity contribution in [3.8, 4) is 0 Å². The van der Waals surface area contributed by atoms with Crippen LogP contribution in [0.1, 0.15) is 80.6 Å². The summed E-state index contributed by atoms with van der Waals surface area (Å²) in [5.74, 6) is -2.98. The summed E-state index contributed by atoms with van der Waals surface area (Å²) in [6.07, 6.45) is 3.17. The summed E-state index contributed by atoms with van der Waals surface area (Å²) < 4.78 is 32.4. The van der Waals surface area contributed by atoms with Crippen LogP contribution < -0.4 is 5.32 Å². The lowest BCUT2D eigenvalue weighted by atomic mass is 9.78. The van der Waals surface area contributed by atoms with E-state index >= 15 is 0 Å². The SMILES string of the molecule is CC[C@H]1OC(=O)C(C)C(=O)[C@H](C)[C@@H](OC2OC(CNC3CC3)CC(N(C)C)C2O)[C@@]2(C)C[C@@H](C)CN(C)[C@H](C)[C@H]3N(C/C=C\CO2)C(=O)O[C@]13C. The van der Waals surface area contributed by atoms with E-state index in [1.807, 2.05) is 59.0 Å². The summed E-state index contributed by atoms with van der Waals surface area (Å²) in [5, 5.41) is 15.3. The number of nitrogens with one attached hydrogen (secondary N) is 1. The second-order valence-corrected chi connectivity index (χ2v) is 16.6.